The molecule has 1 aliphatic rings. The van der Waals surface area contributed by atoms with Crippen molar-refractivity contribution < 1.29 is 5.11 Å². The van der Waals surface area contributed by atoms with Crippen LogP contribution in [-0.2, 0) is 6.54 Å². The Kier molecular flexibility index (Phi) is 3.78. The van der Waals surface area contributed by atoms with Crippen LogP contribution in [0, 0.1) is 0 Å². The number of hydrogen-bond acceptors (Lipinski definition) is 2. The molecule has 1 saturated heterocycles. The summed E-state index contributed by atoms with van der Waals surface area (Å²) in [6, 6.07) is 8.36. The fourth-order valence-corrected chi connectivity index (χ4v) is 2.51. The van der Waals surface area contributed by atoms with Crippen LogP contribution < -0.4 is 0 Å². The van der Waals surface area contributed by atoms with Gasteiger partial charge in [-0.3, -0.25) is 4.90 Å². The van der Waals surface area contributed by atoms with E-state index in [-0.39, 0.29) is 6.10 Å². The van der Waals surface area contributed by atoms with E-state index in [0.717, 1.165) is 36.9 Å². The minimum absolute atomic E-state index is 0.133. The summed E-state index contributed by atoms with van der Waals surface area (Å²) >= 11 is 3.47. The molecule has 1 fully saturated rings. The van der Waals surface area contributed by atoms with Gasteiger partial charge in [0.1, 0.15) is 0 Å². The first kappa shape index (κ1) is 11.1. The van der Waals surface area contributed by atoms with Crippen LogP contribution in [0.25, 0.3) is 0 Å². The minimum atomic E-state index is -0.133. The number of rotatable bonds is 2. The standard InChI is InChI=1S/C12H16BrNO/c13-11-4-1-3-10(7-11)8-14-6-2-5-12(15)9-14/h1,3-4,7,12,15H,2,5-6,8-9H2/t12-/m1/s1. The molecular formula is C12H16BrNO. The lowest BCUT2D eigenvalue weighted by molar-refractivity contribution is 0.0668. The number of likely N-dealkylation sites (tertiary alicyclic amines) is 1. The highest BCUT2D eigenvalue weighted by atomic mass is 79.9. The van der Waals surface area contributed by atoms with Gasteiger partial charge in [-0.15, -0.1) is 0 Å². The Morgan fingerprint density at radius 3 is 3.07 bits per heavy atom. The molecule has 0 saturated carbocycles. The lowest BCUT2D eigenvalue weighted by Gasteiger charge is -2.29. The van der Waals surface area contributed by atoms with Crippen molar-refractivity contribution in [3.05, 3.63) is 34.3 Å². The van der Waals surface area contributed by atoms with Crippen LogP contribution >= 0.6 is 15.9 Å². The Hall–Kier alpha value is -0.380. The van der Waals surface area contributed by atoms with Gasteiger partial charge in [-0.25, -0.2) is 0 Å². The van der Waals surface area contributed by atoms with Gasteiger partial charge in [0.05, 0.1) is 6.10 Å². The number of nitrogens with zero attached hydrogens (tertiary/aromatic N) is 1. The van der Waals surface area contributed by atoms with Gasteiger partial charge in [0.15, 0.2) is 0 Å². The second-order valence-corrected chi connectivity index (χ2v) is 5.08. The van der Waals surface area contributed by atoms with Crippen molar-refractivity contribution in [1.29, 1.82) is 0 Å². The van der Waals surface area contributed by atoms with E-state index in [0.29, 0.717) is 0 Å². The topological polar surface area (TPSA) is 23.5 Å². The number of benzene rings is 1. The molecular weight excluding hydrogens is 254 g/mol. The molecule has 0 amide bonds. The summed E-state index contributed by atoms with van der Waals surface area (Å²) in [7, 11) is 0. The lowest BCUT2D eigenvalue weighted by Crippen LogP contribution is -2.37. The summed E-state index contributed by atoms with van der Waals surface area (Å²) in [4.78, 5) is 2.32. The highest BCUT2D eigenvalue weighted by molar-refractivity contribution is 9.10. The summed E-state index contributed by atoms with van der Waals surface area (Å²) < 4.78 is 1.12. The molecule has 1 atom stereocenters. The minimum Gasteiger partial charge on any atom is -0.392 e. The predicted octanol–water partition coefficient (Wildman–Crippen LogP) is 2.41. The van der Waals surface area contributed by atoms with Crippen LogP contribution in [0.3, 0.4) is 0 Å². The van der Waals surface area contributed by atoms with E-state index >= 15 is 0 Å². The highest BCUT2D eigenvalue weighted by Crippen LogP contribution is 2.16. The SMILES string of the molecule is O[C@@H]1CCCN(Cc2cccc(Br)c2)C1. The summed E-state index contributed by atoms with van der Waals surface area (Å²) in [6.07, 6.45) is 1.93. The largest absolute Gasteiger partial charge is 0.392 e. The summed E-state index contributed by atoms with van der Waals surface area (Å²) in [6.45, 7) is 2.85. The van der Waals surface area contributed by atoms with Gasteiger partial charge in [0.25, 0.3) is 0 Å². The van der Waals surface area contributed by atoms with E-state index in [4.69, 9.17) is 0 Å². The molecule has 0 spiro atoms. The molecule has 1 aliphatic heterocycles. The van der Waals surface area contributed by atoms with E-state index in [9.17, 15) is 5.11 Å². The molecule has 82 valence electrons. The average molecular weight is 270 g/mol. The van der Waals surface area contributed by atoms with Gasteiger partial charge >= 0.3 is 0 Å². The monoisotopic (exact) mass is 269 g/mol. The Labute approximate surface area is 99.0 Å². The first-order chi connectivity index (χ1) is 7.24. The van der Waals surface area contributed by atoms with Gasteiger partial charge in [0.2, 0.25) is 0 Å². The quantitative estimate of drug-likeness (QED) is 0.892. The third-order valence-electron chi connectivity index (χ3n) is 2.78. The Morgan fingerprint density at radius 2 is 2.33 bits per heavy atom. The molecule has 2 nitrogen and oxygen atoms in total. The summed E-state index contributed by atoms with van der Waals surface area (Å²) in [5.41, 5.74) is 1.30. The first-order valence-corrected chi connectivity index (χ1v) is 6.18. The smallest absolute Gasteiger partial charge is 0.0667 e. The Morgan fingerprint density at radius 1 is 1.47 bits per heavy atom. The molecule has 0 unspecified atom stereocenters. The van der Waals surface area contributed by atoms with E-state index in [1.165, 1.54) is 5.56 Å². The van der Waals surface area contributed by atoms with E-state index in [2.05, 4.69) is 39.0 Å². The zero-order valence-electron chi connectivity index (χ0n) is 8.69. The van der Waals surface area contributed by atoms with Crippen molar-refractivity contribution >= 4 is 15.9 Å². The van der Waals surface area contributed by atoms with Crippen molar-refractivity contribution in [2.75, 3.05) is 13.1 Å². The maximum Gasteiger partial charge on any atom is 0.0667 e. The molecule has 0 aliphatic carbocycles. The third-order valence-corrected chi connectivity index (χ3v) is 3.27. The molecule has 15 heavy (non-hydrogen) atoms. The number of aliphatic hydroxyl groups excluding tert-OH is 1. The molecule has 1 heterocycles. The second kappa shape index (κ2) is 5.10. The van der Waals surface area contributed by atoms with Crippen LogP contribution in [0.4, 0.5) is 0 Å². The van der Waals surface area contributed by atoms with E-state index < -0.39 is 0 Å². The second-order valence-electron chi connectivity index (χ2n) is 4.16. The summed E-state index contributed by atoms with van der Waals surface area (Å²) in [5.74, 6) is 0. The fourth-order valence-electron chi connectivity index (χ4n) is 2.07. The zero-order valence-corrected chi connectivity index (χ0v) is 10.3. The van der Waals surface area contributed by atoms with Crippen molar-refractivity contribution in [2.45, 2.75) is 25.5 Å². The molecule has 2 rings (SSSR count). The van der Waals surface area contributed by atoms with Crippen LogP contribution in [0.1, 0.15) is 18.4 Å². The number of hydrogen-bond donors (Lipinski definition) is 1. The maximum atomic E-state index is 9.56. The van der Waals surface area contributed by atoms with Crippen LogP contribution in [-0.4, -0.2) is 29.2 Å². The van der Waals surface area contributed by atoms with Crippen molar-refractivity contribution in [2.24, 2.45) is 0 Å². The van der Waals surface area contributed by atoms with Crippen LogP contribution in [0.15, 0.2) is 28.7 Å². The molecule has 3 heteroatoms. The molecule has 1 N–H and O–H groups in total. The number of aliphatic hydroxyl groups is 1. The van der Waals surface area contributed by atoms with Gasteiger partial charge in [-0.2, -0.15) is 0 Å². The zero-order chi connectivity index (χ0) is 10.7. The van der Waals surface area contributed by atoms with Crippen molar-refractivity contribution in [1.82, 2.24) is 4.90 Å². The molecule has 0 aromatic heterocycles. The number of β-amino-alcohol motifs (C(OH)–C–C–N with tert-alkyl or cyclic N) is 1. The highest BCUT2D eigenvalue weighted by Gasteiger charge is 2.17. The van der Waals surface area contributed by atoms with Crippen molar-refractivity contribution in [3.63, 3.8) is 0 Å². The lowest BCUT2D eigenvalue weighted by atomic mass is 10.1. The number of piperidine rings is 1. The molecule has 1 aromatic carbocycles. The number of halogens is 1. The van der Waals surface area contributed by atoms with Crippen LogP contribution in [0.2, 0.25) is 0 Å². The Bertz CT molecular complexity index is 329. The predicted molar refractivity (Wildman–Crippen MR) is 64.7 cm³/mol. The molecule has 0 radical (unpaired) electrons. The van der Waals surface area contributed by atoms with Gasteiger partial charge in [-0.05, 0) is 37.1 Å². The first-order valence-electron chi connectivity index (χ1n) is 5.39. The van der Waals surface area contributed by atoms with Gasteiger partial charge in [0, 0.05) is 17.6 Å². The fraction of sp³-hybridized carbons (Fsp3) is 0.500. The van der Waals surface area contributed by atoms with Crippen molar-refractivity contribution in [3.8, 4) is 0 Å². The maximum absolute atomic E-state index is 9.56. The van der Waals surface area contributed by atoms with E-state index in [1.807, 2.05) is 6.07 Å². The van der Waals surface area contributed by atoms with Gasteiger partial charge in [-0.1, -0.05) is 28.1 Å². The normalized spacial score (nSPS) is 22.9. The van der Waals surface area contributed by atoms with E-state index in [1.54, 1.807) is 0 Å². The average Bonchev–Trinajstić information content (AvgIpc) is 2.17. The van der Waals surface area contributed by atoms with Crippen LogP contribution in [0.5, 0.6) is 0 Å². The third kappa shape index (κ3) is 3.30. The van der Waals surface area contributed by atoms with Gasteiger partial charge < -0.3 is 5.11 Å². The molecule has 1 aromatic rings. The Balaban J connectivity index is 1.96. The molecule has 0 bridgehead atoms. The summed E-state index contributed by atoms with van der Waals surface area (Å²) in [5, 5.41) is 9.56.